The Kier molecular flexibility index (Phi) is 5.21. The number of fused-ring (bicyclic) bond motifs is 1. The molecule has 2 heterocycles. The summed E-state index contributed by atoms with van der Waals surface area (Å²) >= 11 is 1.41. The third kappa shape index (κ3) is 3.88. The zero-order valence-electron chi connectivity index (χ0n) is 15.6. The van der Waals surface area contributed by atoms with Crippen molar-refractivity contribution in [1.29, 1.82) is 0 Å². The number of rotatable bonds is 4. The van der Waals surface area contributed by atoms with Crippen LogP contribution in [0.2, 0.25) is 0 Å². The van der Waals surface area contributed by atoms with Crippen LogP contribution in [0.25, 0.3) is 10.9 Å². The minimum atomic E-state index is -4.63. The molecule has 0 aliphatic rings. The Labute approximate surface area is 173 Å². The van der Waals surface area contributed by atoms with Crippen molar-refractivity contribution < 1.29 is 18.0 Å². The quantitative estimate of drug-likeness (QED) is 0.438. The first-order chi connectivity index (χ1) is 14.3. The summed E-state index contributed by atoms with van der Waals surface area (Å²) in [5.74, 6) is -0.849. The SMILES string of the molecule is Cc1cnc2c(NC(=O)c3ccccc3C(F)(F)F)cccc2c1Sc1ncc[nH]1. The molecule has 2 aromatic carbocycles. The predicted octanol–water partition coefficient (Wildman–Crippen LogP) is 5.69. The van der Waals surface area contributed by atoms with Gasteiger partial charge in [0.2, 0.25) is 0 Å². The number of anilines is 1. The van der Waals surface area contributed by atoms with Gasteiger partial charge in [-0.1, -0.05) is 36.0 Å². The summed E-state index contributed by atoms with van der Waals surface area (Å²) in [5.41, 5.74) is 0.292. The molecule has 2 aromatic heterocycles. The molecule has 0 bridgehead atoms. The topological polar surface area (TPSA) is 70.7 Å². The minimum absolute atomic E-state index is 0.329. The first kappa shape index (κ1) is 20.0. The number of carbonyl (C=O) groups is 1. The average Bonchev–Trinajstić information content (AvgIpc) is 3.23. The van der Waals surface area contributed by atoms with Crippen molar-refractivity contribution in [3.63, 3.8) is 0 Å². The van der Waals surface area contributed by atoms with E-state index >= 15 is 0 Å². The molecule has 4 aromatic rings. The Morgan fingerprint density at radius 1 is 1.10 bits per heavy atom. The second-order valence-electron chi connectivity index (χ2n) is 6.47. The number of H-pyrrole nitrogens is 1. The maximum atomic E-state index is 13.3. The highest BCUT2D eigenvalue weighted by Crippen LogP contribution is 2.36. The normalized spacial score (nSPS) is 11.6. The van der Waals surface area contributed by atoms with Crippen molar-refractivity contribution in [2.75, 3.05) is 5.32 Å². The number of amides is 1. The molecule has 4 rings (SSSR count). The molecule has 9 heteroatoms. The molecule has 0 unspecified atom stereocenters. The van der Waals surface area contributed by atoms with Gasteiger partial charge in [0, 0.05) is 28.9 Å². The number of hydrogen-bond acceptors (Lipinski definition) is 4. The van der Waals surface area contributed by atoms with Crippen LogP contribution in [0.3, 0.4) is 0 Å². The van der Waals surface area contributed by atoms with E-state index in [1.54, 1.807) is 30.7 Å². The number of pyridine rings is 1. The average molecular weight is 428 g/mol. The third-order valence-electron chi connectivity index (χ3n) is 4.42. The van der Waals surface area contributed by atoms with Gasteiger partial charge in [-0.3, -0.25) is 9.78 Å². The summed E-state index contributed by atoms with van der Waals surface area (Å²) in [6, 6.07) is 9.87. The summed E-state index contributed by atoms with van der Waals surface area (Å²) < 4.78 is 39.8. The fourth-order valence-corrected chi connectivity index (χ4v) is 3.98. The maximum Gasteiger partial charge on any atom is 0.417 e. The van der Waals surface area contributed by atoms with E-state index in [0.29, 0.717) is 16.4 Å². The lowest BCUT2D eigenvalue weighted by atomic mass is 10.1. The van der Waals surface area contributed by atoms with E-state index in [-0.39, 0.29) is 0 Å². The molecule has 0 saturated carbocycles. The van der Waals surface area contributed by atoms with Gasteiger partial charge in [0.15, 0.2) is 5.16 Å². The molecule has 0 radical (unpaired) electrons. The van der Waals surface area contributed by atoms with Gasteiger partial charge in [0.1, 0.15) is 0 Å². The lowest BCUT2D eigenvalue weighted by molar-refractivity contribution is -0.137. The van der Waals surface area contributed by atoms with Crippen LogP contribution in [0, 0.1) is 6.92 Å². The maximum absolute atomic E-state index is 13.3. The van der Waals surface area contributed by atoms with Crippen LogP contribution in [0.5, 0.6) is 0 Å². The number of aryl methyl sites for hydroxylation is 1. The molecule has 0 aliphatic heterocycles. The van der Waals surface area contributed by atoms with Crippen LogP contribution in [0.15, 0.2) is 71.1 Å². The fourth-order valence-electron chi connectivity index (χ4n) is 3.06. The molecule has 0 fully saturated rings. The van der Waals surface area contributed by atoms with Crippen molar-refractivity contribution in [3.05, 3.63) is 77.7 Å². The van der Waals surface area contributed by atoms with Gasteiger partial charge in [-0.25, -0.2) is 4.98 Å². The number of aromatic amines is 1. The lowest BCUT2D eigenvalue weighted by Crippen LogP contribution is -2.18. The molecular weight excluding hydrogens is 413 g/mol. The third-order valence-corrected chi connectivity index (χ3v) is 5.59. The van der Waals surface area contributed by atoms with Crippen molar-refractivity contribution in [3.8, 4) is 0 Å². The summed E-state index contributed by atoms with van der Waals surface area (Å²) in [4.78, 5) is 25.2. The number of imidazole rings is 1. The molecule has 0 spiro atoms. The number of aromatic nitrogens is 3. The molecule has 1 amide bonds. The standard InChI is InChI=1S/C21H15F3N4OS/c1-12-11-27-17-14(18(12)30-20-25-9-10-26-20)6-4-8-16(17)28-19(29)13-5-2-3-7-15(13)21(22,23)24/h2-11H,1H3,(H,25,26)(H,28,29). The van der Waals surface area contributed by atoms with Crippen molar-refractivity contribution in [1.82, 2.24) is 15.0 Å². The van der Waals surface area contributed by atoms with Crippen molar-refractivity contribution >= 4 is 34.3 Å². The number of benzene rings is 2. The number of hydrogen-bond donors (Lipinski definition) is 2. The summed E-state index contributed by atoms with van der Waals surface area (Å²) in [7, 11) is 0. The highest BCUT2D eigenvalue weighted by molar-refractivity contribution is 7.99. The highest BCUT2D eigenvalue weighted by Gasteiger charge is 2.34. The van der Waals surface area contributed by atoms with E-state index in [4.69, 9.17) is 0 Å². The Morgan fingerprint density at radius 3 is 2.63 bits per heavy atom. The number of para-hydroxylation sites is 1. The molecule has 30 heavy (non-hydrogen) atoms. The zero-order chi connectivity index (χ0) is 21.3. The van der Waals surface area contributed by atoms with Crippen LogP contribution in [-0.4, -0.2) is 20.9 Å². The van der Waals surface area contributed by atoms with Gasteiger partial charge in [-0.15, -0.1) is 0 Å². The van der Waals surface area contributed by atoms with E-state index in [9.17, 15) is 18.0 Å². The van der Waals surface area contributed by atoms with Crippen LogP contribution in [0.1, 0.15) is 21.5 Å². The monoisotopic (exact) mass is 428 g/mol. The van der Waals surface area contributed by atoms with Gasteiger partial charge in [-0.2, -0.15) is 13.2 Å². The molecule has 0 atom stereocenters. The number of nitrogens with zero attached hydrogens (tertiary/aromatic N) is 2. The number of alkyl halides is 3. The Morgan fingerprint density at radius 2 is 1.90 bits per heavy atom. The first-order valence-electron chi connectivity index (χ1n) is 8.87. The van der Waals surface area contributed by atoms with E-state index in [1.807, 2.05) is 13.0 Å². The smallest absolute Gasteiger partial charge is 0.339 e. The van der Waals surface area contributed by atoms with Gasteiger partial charge in [0.05, 0.1) is 22.3 Å². The number of halogens is 3. The molecular formula is C21H15F3N4OS. The minimum Gasteiger partial charge on any atom is -0.339 e. The lowest BCUT2D eigenvalue weighted by Gasteiger charge is -2.14. The van der Waals surface area contributed by atoms with Crippen LogP contribution in [0.4, 0.5) is 18.9 Å². The van der Waals surface area contributed by atoms with E-state index in [0.717, 1.165) is 28.0 Å². The molecule has 2 N–H and O–H groups in total. The van der Waals surface area contributed by atoms with Crippen LogP contribution >= 0.6 is 11.8 Å². The zero-order valence-corrected chi connectivity index (χ0v) is 16.4. The number of nitrogens with one attached hydrogen (secondary N) is 2. The van der Waals surface area contributed by atoms with Gasteiger partial charge >= 0.3 is 6.18 Å². The van der Waals surface area contributed by atoms with Crippen LogP contribution < -0.4 is 5.32 Å². The van der Waals surface area contributed by atoms with Crippen LogP contribution in [-0.2, 0) is 6.18 Å². The predicted molar refractivity (Wildman–Crippen MR) is 109 cm³/mol. The highest BCUT2D eigenvalue weighted by atomic mass is 32.2. The molecule has 0 aliphatic carbocycles. The van der Waals surface area contributed by atoms with Gasteiger partial charge < -0.3 is 10.3 Å². The molecule has 0 saturated heterocycles. The Bertz CT molecular complexity index is 1220. The summed E-state index contributed by atoms with van der Waals surface area (Å²) in [5, 5.41) is 4.04. The van der Waals surface area contributed by atoms with E-state index < -0.39 is 23.2 Å². The first-order valence-corrected chi connectivity index (χ1v) is 9.69. The van der Waals surface area contributed by atoms with Gasteiger partial charge in [-0.05, 0) is 30.7 Å². The largest absolute Gasteiger partial charge is 0.417 e. The summed E-state index contributed by atoms with van der Waals surface area (Å²) in [6.45, 7) is 1.91. The van der Waals surface area contributed by atoms with Crippen molar-refractivity contribution in [2.45, 2.75) is 23.2 Å². The second kappa shape index (κ2) is 7.83. The fraction of sp³-hybridized carbons (Fsp3) is 0.0952. The number of carbonyl (C=O) groups excluding carboxylic acids is 1. The Balaban J connectivity index is 1.74. The van der Waals surface area contributed by atoms with E-state index in [1.165, 1.54) is 23.9 Å². The Hall–Kier alpha value is -3.33. The van der Waals surface area contributed by atoms with Gasteiger partial charge in [0.25, 0.3) is 5.91 Å². The molecule has 152 valence electrons. The molecule has 5 nitrogen and oxygen atoms in total. The second-order valence-corrected chi connectivity index (χ2v) is 7.47. The van der Waals surface area contributed by atoms with E-state index in [2.05, 4.69) is 20.3 Å². The summed E-state index contributed by atoms with van der Waals surface area (Å²) in [6.07, 6.45) is 0.386. The van der Waals surface area contributed by atoms with Crippen molar-refractivity contribution in [2.24, 2.45) is 0 Å².